The third-order valence-corrected chi connectivity index (χ3v) is 2.43. The summed E-state index contributed by atoms with van der Waals surface area (Å²) in [7, 11) is 0. The van der Waals surface area contributed by atoms with Crippen molar-refractivity contribution in [2.24, 2.45) is 0 Å². The Morgan fingerprint density at radius 2 is 1.77 bits per heavy atom. The lowest BCUT2D eigenvalue weighted by Crippen LogP contribution is -2.32. The zero-order valence-electron chi connectivity index (χ0n) is 12.6. The molecule has 0 spiro atoms. The summed E-state index contributed by atoms with van der Waals surface area (Å²) in [6.45, 7) is 5.34. The van der Waals surface area contributed by atoms with Crippen LogP contribution in [0.2, 0.25) is 0 Å². The SMILES string of the molecule is CC(C)(C)OC(=O)NCC=Cc1c(O)cc(C(=O)O)cc1O. The maximum atomic E-state index is 11.4. The molecular weight excluding hydrogens is 290 g/mol. The third-order valence-electron chi connectivity index (χ3n) is 2.43. The van der Waals surface area contributed by atoms with E-state index < -0.39 is 17.7 Å². The fourth-order valence-corrected chi connectivity index (χ4v) is 1.55. The molecule has 1 aromatic rings. The van der Waals surface area contributed by atoms with Crippen molar-refractivity contribution in [3.05, 3.63) is 29.3 Å². The van der Waals surface area contributed by atoms with Crippen LogP contribution < -0.4 is 5.32 Å². The van der Waals surface area contributed by atoms with Crippen LogP contribution >= 0.6 is 0 Å². The normalized spacial score (nSPS) is 11.4. The molecule has 1 rings (SSSR count). The Hall–Kier alpha value is -2.70. The number of alkyl carbamates (subject to hydrolysis) is 1. The smallest absolute Gasteiger partial charge is 0.407 e. The Morgan fingerprint density at radius 3 is 2.23 bits per heavy atom. The van der Waals surface area contributed by atoms with Gasteiger partial charge in [0.2, 0.25) is 0 Å². The molecule has 7 nitrogen and oxygen atoms in total. The topological polar surface area (TPSA) is 116 Å². The highest BCUT2D eigenvalue weighted by atomic mass is 16.6. The van der Waals surface area contributed by atoms with E-state index in [9.17, 15) is 19.8 Å². The summed E-state index contributed by atoms with van der Waals surface area (Å²) in [4.78, 5) is 22.2. The number of hydrogen-bond donors (Lipinski definition) is 4. The first kappa shape index (κ1) is 17.4. The highest BCUT2D eigenvalue weighted by Crippen LogP contribution is 2.30. The Bertz CT molecular complexity index is 578. The first-order valence-corrected chi connectivity index (χ1v) is 6.53. The van der Waals surface area contributed by atoms with Crippen LogP contribution in [0.25, 0.3) is 6.08 Å². The van der Waals surface area contributed by atoms with Gasteiger partial charge in [-0.2, -0.15) is 0 Å². The summed E-state index contributed by atoms with van der Waals surface area (Å²) in [5.74, 6) is -2.00. The van der Waals surface area contributed by atoms with Gasteiger partial charge < -0.3 is 25.4 Å². The number of carboxylic acids is 1. The highest BCUT2D eigenvalue weighted by molar-refractivity contribution is 5.89. The van der Waals surface area contributed by atoms with E-state index in [2.05, 4.69) is 5.32 Å². The quantitative estimate of drug-likeness (QED) is 0.678. The fraction of sp³-hybridized carbons (Fsp3) is 0.333. The molecule has 0 heterocycles. The molecule has 0 aromatic heterocycles. The van der Waals surface area contributed by atoms with Gasteiger partial charge in [-0.1, -0.05) is 6.08 Å². The minimum Gasteiger partial charge on any atom is -0.507 e. The number of amides is 1. The number of phenols is 2. The molecular formula is C15H19NO6. The molecule has 0 atom stereocenters. The molecule has 0 aliphatic carbocycles. The fourth-order valence-electron chi connectivity index (χ4n) is 1.55. The highest BCUT2D eigenvalue weighted by Gasteiger charge is 2.15. The summed E-state index contributed by atoms with van der Waals surface area (Å²) >= 11 is 0. The molecule has 1 amide bonds. The molecule has 0 unspecified atom stereocenters. The standard InChI is InChI=1S/C15H19NO6/c1-15(2,3)22-14(21)16-6-4-5-10-11(17)7-9(13(19)20)8-12(10)18/h4-5,7-8,17-18H,6H2,1-3H3,(H,16,21)(H,19,20). The van der Waals surface area contributed by atoms with Crippen molar-refractivity contribution < 1.29 is 29.6 Å². The van der Waals surface area contributed by atoms with Gasteiger partial charge >= 0.3 is 12.1 Å². The predicted molar refractivity (Wildman–Crippen MR) is 80.0 cm³/mol. The largest absolute Gasteiger partial charge is 0.507 e. The molecule has 0 fully saturated rings. The Kier molecular flexibility index (Phi) is 5.39. The Balaban J connectivity index is 2.68. The molecule has 0 radical (unpaired) electrons. The Labute approximate surface area is 127 Å². The molecule has 4 N–H and O–H groups in total. The molecule has 0 saturated carbocycles. The number of ether oxygens (including phenoxy) is 1. The molecule has 120 valence electrons. The average molecular weight is 309 g/mol. The molecule has 0 aliphatic rings. The van der Waals surface area contributed by atoms with E-state index in [-0.39, 0.29) is 29.2 Å². The molecule has 22 heavy (non-hydrogen) atoms. The summed E-state index contributed by atoms with van der Waals surface area (Å²) in [5, 5.41) is 30.7. The van der Waals surface area contributed by atoms with Gasteiger partial charge in [0.25, 0.3) is 0 Å². The minimum absolute atomic E-state index is 0.0657. The van der Waals surface area contributed by atoms with E-state index in [0.717, 1.165) is 12.1 Å². The summed E-state index contributed by atoms with van der Waals surface area (Å²) in [6.07, 6.45) is 2.26. The number of aromatic hydroxyl groups is 2. The minimum atomic E-state index is -1.26. The van der Waals surface area contributed by atoms with Crippen molar-refractivity contribution in [3.63, 3.8) is 0 Å². The van der Waals surface area contributed by atoms with E-state index >= 15 is 0 Å². The maximum absolute atomic E-state index is 11.4. The molecule has 1 aromatic carbocycles. The second-order valence-corrected chi connectivity index (χ2v) is 5.52. The summed E-state index contributed by atoms with van der Waals surface area (Å²) in [6, 6.07) is 2.06. The monoisotopic (exact) mass is 309 g/mol. The zero-order valence-corrected chi connectivity index (χ0v) is 12.6. The van der Waals surface area contributed by atoms with Gasteiger partial charge in [0.05, 0.1) is 11.1 Å². The number of nitrogens with one attached hydrogen (secondary N) is 1. The summed E-state index contributed by atoms with van der Waals surface area (Å²) in [5.41, 5.74) is -0.758. The number of carboxylic acid groups (broad SMARTS) is 1. The van der Waals surface area contributed by atoms with Gasteiger partial charge in [-0.05, 0) is 39.0 Å². The van der Waals surface area contributed by atoms with Gasteiger partial charge in [-0.3, -0.25) is 0 Å². The van der Waals surface area contributed by atoms with Crippen LogP contribution in [0, 0.1) is 0 Å². The Morgan fingerprint density at radius 1 is 1.23 bits per heavy atom. The number of aromatic carboxylic acids is 1. The first-order chi connectivity index (χ1) is 10.1. The number of carbonyl (C=O) groups excluding carboxylic acids is 1. The van der Waals surface area contributed by atoms with Crippen LogP contribution in [-0.4, -0.2) is 39.5 Å². The number of phenolic OH excluding ortho intramolecular Hbond substituents is 2. The van der Waals surface area contributed by atoms with E-state index in [0.29, 0.717) is 0 Å². The van der Waals surface area contributed by atoms with Crippen LogP contribution in [0.5, 0.6) is 11.5 Å². The number of carbonyl (C=O) groups is 2. The van der Waals surface area contributed by atoms with Gasteiger partial charge in [-0.15, -0.1) is 0 Å². The molecule has 0 aliphatic heterocycles. The van der Waals surface area contributed by atoms with Gasteiger partial charge in [0, 0.05) is 6.54 Å². The number of rotatable bonds is 4. The van der Waals surface area contributed by atoms with E-state index in [1.165, 1.54) is 12.2 Å². The lowest BCUT2D eigenvalue weighted by Gasteiger charge is -2.19. The maximum Gasteiger partial charge on any atom is 0.407 e. The zero-order chi connectivity index (χ0) is 16.9. The van der Waals surface area contributed by atoms with Crippen molar-refractivity contribution in [1.29, 1.82) is 0 Å². The average Bonchev–Trinajstić information content (AvgIpc) is 2.34. The number of benzene rings is 1. The van der Waals surface area contributed by atoms with Crippen LogP contribution in [0.3, 0.4) is 0 Å². The van der Waals surface area contributed by atoms with Gasteiger partial charge in [0.1, 0.15) is 17.1 Å². The second kappa shape index (κ2) is 6.84. The van der Waals surface area contributed by atoms with Crippen molar-refractivity contribution >= 4 is 18.1 Å². The summed E-state index contributed by atoms with van der Waals surface area (Å²) < 4.78 is 5.03. The van der Waals surface area contributed by atoms with Crippen LogP contribution in [0.1, 0.15) is 36.7 Å². The van der Waals surface area contributed by atoms with Crippen LogP contribution in [0.4, 0.5) is 4.79 Å². The van der Waals surface area contributed by atoms with Gasteiger partial charge in [-0.25, -0.2) is 9.59 Å². The lowest BCUT2D eigenvalue weighted by molar-refractivity contribution is 0.0533. The van der Waals surface area contributed by atoms with Gasteiger partial charge in [0.15, 0.2) is 0 Å². The van der Waals surface area contributed by atoms with Crippen molar-refractivity contribution in [2.45, 2.75) is 26.4 Å². The van der Waals surface area contributed by atoms with E-state index in [1.807, 2.05) is 0 Å². The molecule has 7 heteroatoms. The van der Waals surface area contributed by atoms with E-state index in [4.69, 9.17) is 9.84 Å². The second-order valence-electron chi connectivity index (χ2n) is 5.52. The predicted octanol–water partition coefficient (Wildman–Crippen LogP) is 2.33. The van der Waals surface area contributed by atoms with Crippen LogP contribution in [-0.2, 0) is 4.74 Å². The van der Waals surface area contributed by atoms with Crippen LogP contribution in [0.15, 0.2) is 18.2 Å². The lowest BCUT2D eigenvalue weighted by atomic mass is 10.1. The van der Waals surface area contributed by atoms with Crippen molar-refractivity contribution in [1.82, 2.24) is 5.32 Å². The van der Waals surface area contributed by atoms with Crippen molar-refractivity contribution in [3.8, 4) is 11.5 Å². The number of hydrogen-bond acceptors (Lipinski definition) is 5. The van der Waals surface area contributed by atoms with E-state index in [1.54, 1.807) is 20.8 Å². The molecule has 0 saturated heterocycles. The first-order valence-electron chi connectivity index (χ1n) is 6.53. The third kappa shape index (κ3) is 5.35. The van der Waals surface area contributed by atoms with Crippen molar-refractivity contribution in [2.75, 3.05) is 6.54 Å². The molecule has 0 bridgehead atoms.